The standard InChI is InChI=1S/C6H9O3/c1-3-5(7)4-6(8)9-2/h1,3-4H2,2H3/q+1. The quantitative estimate of drug-likeness (QED) is 0.313. The van der Waals surface area contributed by atoms with Crippen LogP contribution in [0.5, 0.6) is 0 Å². The molecule has 0 rings (SSSR count). The van der Waals surface area contributed by atoms with E-state index in [9.17, 15) is 9.59 Å². The number of carbonyl (C=O) groups is 2. The highest BCUT2D eigenvalue weighted by molar-refractivity contribution is 5.95. The van der Waals surface area contributed by atoms with Gasteiger partial charge in [-0.2, -0.15) is 0 Å². The average Bonchev–Trinajstić information content (AvgIpc) is 1.87. The van der Waals surface area contributed by atoms with E-state index >= 15 is 0 Å². The van der Waals surface area contributed by atoms with E-state index in [0.29, 0.717) is 0 Å². The molecule has 3 heteroatoms. The van der Waals surface area contributed by atoms with E-state index in [1.54, 1.807) is 0 Å². The molecule has 0 aliphatic rings. The zero-order valence-corrected chi connectivity index (χ0v) is 5.35. The van der Waals surface area contributed by atoms with Crippen LogP contribution in [0.4, 0.5) is 0 Å². The van der Waals surface area contributed by atoms with Gasteiger partial charge in [-0.3, -0.25) is 9.59 Å². The highest BCUT2D eigenvalue weighted by atomic mass is 16.5. The van der Waals surface area contributed by atoms with Crippen molar-refractivity contribution in [1.82, 2.24) is 0 Å². The number of ether oxygens (including phenoxy) is 1. The second kappa shape index (κ2) is 3.95. The van der Waals surface area contributed by atoms with Crippen molar-refractivity contribution in [2.45, 2.75) is 12.8 Å². The Hall–Kier alpha value is -0.990. The predicted molar refractivity (Wildman–Crippen MR) is 31.6 cm³/mol. The summed E-state index contributed by atoms with van der Waals surface area (Å²) in [6.45, 7) is 3.32. The zero-order valence-electron chi connectivity index (χ0n) is 5.35. The minimum Gasteiger partial charge on any atom is -0.469 e. The summed E-state index contributed by atoms with van der Waals surface area (Å²) in [5.41, 5.74) is 0. The zero-order chi connectivity index (χ0) is 7.28. The third-order valence-corrected chi connectivity index (χ3v) is 0.848. The van der Waals surface area contributed by atoms with Gasteiger partial charge in [0, 0.05) is 0 Å². The van der Waals surface area contributed by atoms with Crippen molar-refractivity contribution in [2.75, 3.05) is 7.11 Å². The molecule has 0 atom stereocenters. The van der Waals surface area contributed by atoms with E-state index in [1.807, 2.05) is 0 Å². The lowest BCUT2D eigenvalue weighted by atomic mass is 10.2. The molecule has 0 aromatic carbocycles. The fourth-order valence-corrected chi connectivity index (χ4v) is 0.322. The number of esters is 1. The lowest BCUT2D eigenvalue weighted by Crippen LogP contribution is -2.07. The van der Waals surface area contributed by atoms with Gasteiger partial charge in [-0.1, -0.05) is 0 Å². The lowest BCUT2D eigenvalue weighted by Gasteiger charge is -1.91. The van der Waals surface area contributed by atoms with E-state index in [4.69, 9.17) is 0 Å². The highest BCUT2D eigenvalue weighted by Crippen LogP contribution is 1.89. The van der Waals surface area contributed by atoms with Gasteiger partial charge in [-0.25, -0.2) is 0 Å². The molecule has 0 unspecified atom stereocenters. The van der Waals surface area contributed by atoms with Crippen LogP contribution in [0, 0.1) is 6.92 Å². The van der Waals surface area contributed by atoms with Crippen molar-refractivity contribution >= 4 is 11.8 Å². The molecular formula is C6H9O3+. The first-order chi connectivity index (χ1) is 4.20. The van der Waals surface area contributed by atoms with Gasteiger partial charge in [0.05, 0.1) is 14.0 Å². The third kappa shape index (κ3) is 3.58. The fraction of sp³-hybridized carbons (Fsp3) is 0.500. The summed E-state index contributed by atoms with van der Waals surface area (Å²) in [6.07, 6.45) is -0.00486. The van der Waals surface area contributed by atoms with Gasteiger partial charge < -0.3 is 4.74 Å². The topological polar surface area (TPSA) is 43.4 Å². The summed E-state index contributed by atoms with van der Waals surface area (Å²) in [5.74, 6) is -0.689. The van der Waals surface area contributed by atoms with Crippen LogP contribution in [-0.4, -0.2) is 18.9 Å². The molecule has 0 aliphatic heterocycles. The summed E-state index contributed by atoms with van der Waals surface area (Å²) < 4.78 is 4.24. The fourth-order valence-electron chi connectivity index (χ4n) is 0.322. The number of hydrogen-bond donors (Lipinski definition) is 0. The minimum absolute atomic E-state index is 0.148. The SMILES string of the molecule is [CH2+]CC(=O)CC(=O)OC. The maximum absolute atomic E-state index is 10.4. The maximum Gasteiger partial charge on any atom is 0.313 e. The molecular weight excluding hydrogens is 120 g/mol. The van der Waals surface area contributed by atoms with Gasteiger partial charge in [0.1, 0.15) is 12.8 Å². The van der Waals surface area contributed by atoms with E-state index in [1.165, 1.54) is 7.11 Å². The van der Waals surface area contributed by atoms with Gasteiger partial charge in [-0.05, 0) is 0 Å². The van der Waals surface area contributed by atoms with Crippen LogP contribution in [0.3, 0.4) is 0 Å². The minimum atomic E-state index is -0.497. The molecule has 0 N–H and O–H groups in total. The summed E-state index contributed by atoms with van der Waals surface area (Å²) in [4.78, 5) is 20.7. The molecule has 0 radical (unpaired) electrons. The molecule has 0 amide bonds. The van der Waals surface area contributed by atoms with Crippen molar-refractivity contribution in [2.24, 2.45) is 0 Å². The number of hydrogen-bond acceptors (Lipinski definition) is 3. The normalized spacial score (nSPS) is 8.56. The van der Waals surface area contributed by atoms with Crippen LogP contribution in [0.25, 0.3) is 0 Å². The molecule has 0 bridgehead atoms. The van der Waals surface area contributed by atoms with Gasteiger partial charge in [0.15, 0.2) is 5.78 Å². The Bertz CT molecular complexity index is 103. The summed E-state index contributed by atoms with van der Waals surface area (Å²) in [6, 6.07) is 0. The van der Waals surface area contributed by atoms with Crippen molar-refractivity contribution in [3.8, 4) is 0 Å². The molecule has 0 spiro atoms. The van der Waals surface area contributed by atoms with Crippen LogP contribution in [0.15, 0.2) is 0 Å². The van der Waals surface area contributed by atoms with E-state index in [-0.39, 0.29) is 18.6 Å². The Morgan fingerprint density at radius 2 is 2.11 bits per heavy atom. The first-order valence-corrected chi connectivity index (χ1v) is 2.58. The average molecular weight is 129 g/mol. The molecule has 0 heterocycles. The lowest BCUT2D eigenvalue weighted by molar-refractivity contribution is -0.143. The molecule has 0 fully saturated rings. The van der Waals surface area contributed by atoms with E-state index < -0.39 is 5.97 Å². The van der Waals surface area contributed by atoms with Crippen molar-refractivity contribution < 1.29 is 14.3 Å². The molecule has 0 saturated carbocycles. The van der Waals surface area contributed by atoms with Crippen LogP contribution in [-0.2, 0) is 14.3 Å². The summed E-state index contributed by atoms with van der Waals surface area (Å²) >= 11 is 0. The second-order valence-electron chi connectivity index (χ2n) is 1.54. The molecule has 9 heavy (non-hydrogen) atoms. The number of Topliss-reactive ketones (excluding diaryl/α,β-unsaturated/α-hetero) is 1. The van der Waals surface area contributed by atoms with E-state index in [2.05, 4.69) is 11.7 Å². The van der Waals surface area contributed by atoms with Crippen molar-refractivity contribution in [1.29, 1.82) is 0 Å². The molecule has 50 valence electrons. The number of rotatable bonds is 3. The summed E-state index contributed by atoms with van der Waals surface area (Å²) in [5, 5.41) is 0. The first kappa shape index (κ1) is 8.01. The molecule has 3 nitrogen and oxygen atoms in total. The van der Waals surface area contributed by atoms with Crippen LogP contribution in [0.2, 0.25) is 0 Å². The highest BCUT2D eigenvalue weighted by Gasteiger charge is 2.08. The van der Waals surface area contributed by atoms with Gasteiger partial charge >= 0.3 is 5.97 Å². The van der Waals surface area contributed by atoms with Gasteiger partial charge in [-0.15, -0.1) is 0 Å². The Labute approximate surface area is 54.0 Å². The van der Waals surface area contributed by atoms with E-state index in [0.717, 1.165) is 0 Å². The maximum atomic E-state index is 10.4. The number of ketones is 1. The van der Waals surface area contributed by atoms with Crippen LogP contribution >= 0.6 is 0 Å². The Balaban J connectivity index is 3.47. The molecule has 0 aromatic rings. The van der Waals surface area contributed by atoms with Gasteiger partial charge in [0.25, 0.3) is 0 Å². The Kier molecular flexibility index (Phi) is 3.51. The summed E-state index contributed by atoms with van der Waals surface area (Å²) in [7, 11) is 1.25. The predicted octanol–water partition coefficient (Wildman–Crippen LogP) is 0.343. The third-order valence-electron chi connectivity index (χ3n) is 0.848. The monoisotopic (exact) mass is 129 g/mol. The Morgan fingerprint density at radius 3 is 2.44 bits per heavy atom. The largest absolute Gasteiger partial charge is 0.469 e. The first-order valence-electron chi connectivity index (χ1n) is 2.58. The van der Waals surface area contributed by atoms with Crippen molar-refractivity contribution in [3.05, 3.63) is 6.92 Å². The Morgan fingerprint density at radius 1 is 1.56 bits per heavy atom. The van der Waals surface area contributed by atoms with Gasteiger partial charge in [0.2, 0.25) is 0 Å². The molecule has 0 aromatic heterocycles. The number of carbonyl (C=O) groups excluding carboxylic acids is 2. The van der Waals surface area contributed by atoms with Crippen LogP contribution in [0.1, 0.15) is 12.8 Å². The van der Waals surface area contributed by atoms with Crippen LogP contribution < -0.4 is 0 Å². The molecule has 0 aliphatic carbocycles. The smallest absolute Gasteiger partial charge is 0.313 e. The second-order valence-corrected chi connectivity index (χ2v) is 1.54. The van der Waals surface area contributed by atoms with Crippen molar-refractivity contribution in [3.63, 3.8) is 0 Å². The molecule has 0 saturated heterocycles. The number of methoxy groups -OCH3 is 1.